The minimum Gasteiger partial charge on any atom is -0.349 e. The van der Waals surface area contributed by atoms with Gasteiger partial charge in [-0.3, -0.25) is 4.79 Å². The fraction of sp³-hybridized carbons (Fsp3) is 0.667. The molecule has 0 radical (unpaired) electrons. The zero-order valence-corrected chi connectivity index (χ0v) is 8.78. The molecule has 0 aromatic carbocycles. The van der Waals surface area contributed by atoms with Gasteiger partial charge < -0.3 is 5.32 Å². The lowest BCUT2D eigenvalue weighted by Gasteiger charge is -2.13. The van der Waals surface area contributed by atoms with Gasteiger partial charge in [-0.15, -0.1) is 0 Å². The maximum absolute atomic E-state index is 10.8. The molecule has 1 amide bonds. The highest BCUT2D eigenvalue weighted by Crippen LogP contribution is 2.09. The van der Waals surface area contributed by atoms with Gasteiger partial charge >= 0.3 is 0 Å². The highest BCUT2D eigenvalue weighted by Gasteiger charge is 2.04. The SMILES string of the molecule is C=CC(=O)NC(C)CSC(C)C. The molecule has 0 heterocycles. The van der Waals surface area contributed by atoms with Crippen molar-refractivity contribution in [3.63, 3.8) is 0 Å². The molecule has 12 heavy (non-hydrogen) atoms. The van der Waals surface area contributed by atoms with Crippen LogP contribution in [0.25, 0.3) is 0 Å². The Morgan fingerprint density at radius 1 is 1.58 bits per heavy atom. The van der Waals surface area contributed by atoms with Gasteiger partial charge in [-0.1, -0.05) is 20.4 Å². The molecular weight excluding hydrogens is 170 g/mol. The smallest absolute Gasteiger partial charge is 0.243 e. The van der Waals surface area contributed by atoms with Crippen LogP contribution in [0.4, 0.5) is 0 Å². The topological polar surface area (TPSA) is 29.1 Å². The summed E-state index contributed by atoms with van der Waals surface area (Å²) in [7, 11) is 0. The predicted molar refractivity (Wildman–Crippen MR) is 55.4 cm³/mol. The first-order valence-electron chi connectivity index (χ1n) is 4.10. The fourth-order valence-corrected chi connectivity index (χ4v) is 1.44. The number of rotatable bonds is 5. The zero-order chi connectivity index (χ0) is 9.56. The third kappa shape index (κ3) is 6.28. The first-order valence-corrected chi connectivity index (χ1v) is 5.15. The molecule has 3 heteroatoms. The number of amides is 1. The number of carbonyl (C=O) groups is 1. The molecule has 0 aliphatic carbocycles. The summed E-state index contributed by atoms with van der Waals surface area (Å²) in [5.41, 5.74) is 0. The van der Waals surface area contributed by atoms with Gasteiger partial charge in [0, 0.05) is 11.8 Å². The van der Waals surface area contributed by atoms with Gasteiger partial charge in [0.25, 0.3) is 0 Å². The maximum atomic E-state index is 10.8. The van der Waals surface area contributed by atoms with Crippen molar-refractivity contribution >= 4 is 17.7 Å². The molecule has 0 saturated carbocycles. The summed E-state index contributed by atoms with van der Waals surface area (Å²) in [6.45, 7) is 9.68. The average Bonchev–Trinajstić information content (AvgIpc) is 2.00. The van der Waals surface area contributed by atoms with Crippen molar-refractivity contribution in [1.82, 2.24) is 5.32 Å². The van der Waals surface area contributed by atoms with Crippen LogP contribution in [0.5, 0.6) is 0 Å². The second-order valence-electron chi connectivity index (χ2n) is 3.00. The molecule has 0 spiro atoms. The molecular formula is C9H17NOS. The third-order valence-electron chi connectivity index (χ3n) is 1.25. The molecule has 1 N–H and O–H groups in total. The van der Waals surface area contributed by atoms with Crippen LogP contribution in [0, 0.1) is 0 Å². The van der Waals surface area contributed by atoms with Crippen LogP contribution in [0.15, 0.2) is 12.7 Å². The molecule has 70 valence electrons. The molecule has 1 atom stereocenters. The van der Waals surface area contributed by atoms with E-state index in [9.17, 15) is 4.79 Å². The molecule has 0 bridgehead atoms. The van der Waals surface area contributed by atoms with E-state index in [0.717, 1.165) is 5.75 Å². The molecule has 0 aromatic rings. The van der Waals surface area contributed by atoms with E-state index in [2.05, 4.69) is 25.7 Å². The summed E-state index contributed by atoms with van der Waals surface area (Å²) in [6, 6.07) is 0.225. The summed E-state index contributed by atoms with van der Waals surface area (Å²) < 4.78 is 0. The maximum Gasteiger partial charge on any atom is 0.243 e. The second kappa shape index (κ2) is 6.12. The van der Waals surface area contributed by atoms with Crippen LogP contribution < -0.4 is 5.32 Å². The molecule has 0 fully saturated rings. The highest BCUT2D eigenvalue weighted by molar-refractivity contribution is 7.99. The minimum absolute atomic E-state index is 0.0909. The standard InChI is InChI=1S/C9H17NOS/c1-5-9(11)10-8(4)6-12-7(2)3/h5,7-8H,1,6H2,2-4H3,(H,10,11). The van der Waals surface area contributed by atoms with Crippen LogP contribution in [0.1, 0.15) is 20.8 Å². The van der Waals surface area contributed by atoms with Crippen LogP contribution in [-0.2, 0) is 4.79 Å². The van der Waals surface area contributed by atoms with E-state index in [0.29, 0.717) is 5.25 Å². The Labute approximate surface area is 78.8 Å². The van der Waals surface area contributed by atoms with E-state index in [1.165, 1.54) is 6.08 Å². The first kappa shape index (κ1) is 11.6. The lowest BCUT2D eigenvalue weighted by atomic mass is 10.4. The van der Waals surface area contributed by atoms with E-state index in [-0.39, 0.29) is 11.9 Å². The second-order valence-corrected chi connectivity index (χ2v) is 4.61. The number of thioether (sulfide) groups is 1. The number of nitrogens with one attached hydrogen (secondary N) is 1. The van der Waals surface area contributed by atoms with Gasteiger partial charge in [0.15, 0.2) is 0 Å². The molecule has 0 aliphatic heterocycles. The Kier molecular flexibility index (Phi) is 5.89. The summed E-state index contributed by atoms with van der Waals surface area (Å²) in [5.74, 6) is 0.865. The van der Waals surface area contributed by atoms with Gasteiger partial charge in [-0.05, 0) is 18.2 Å². The van der Waals surface area contributed by atoms with Gasteiger partial charge in [0.1, 0.15) is 0 Å². The van der Waals surface area contributed by atoms with E-state index >= 15 is 0 Å². The van der Waals surface area contributed by atoms with Gasteiger partial charge in [-0.25, -0.2) is 0 Å². The third-order valence-corrected chi connectivity index (χ3v) is 2.61. The van der Waals surface area contributed by atoms with E-state index in [1.54, 1.807) is 0 Å². The lowest BCUT2D eigenvalue weighted by Crippen LogP contribution is -2.33. The first-order chi connectivity index (χ1) is 5.56. The molecule has 2 nitrogen and oxygen atoms in total. The largest absolute Gasteiger partial charge is 0.349 e. The number of carbonyl (C=O) groups excluding carboxylic acids is 1. The Morgan fingerprint density at radius 2 is 2.17 bits per heavy atom. The van der Waals surface area contributed by atoms with Crippen LogP contribution in [0.3, 0.4) is 0 Å². The molecule has 0 saturated heterocycles. The Hall–Kier alpha value is -0.440. The van der Waals surface area contributed by atoms with Crippen molar-refractivity contribution in [3.8, 4) is 0 Å². The summed E-state index contributed by atoms with van der Waals surface area (Å²) in [4.78, 5) is 10.8. The Morgan fingerprint density at radius 3 is 2.58 bits per heavy atom. The van der Waals surface area contributed by atoms with Crippen LogP contribution >= 0.6 is 11.8 Å². The molecule has 1 unspecified atom stereocenters. The van der Waals surface area contributed by atoms with Crippen LogP contribution in [0.2, 0.25) is 0 Å². The minimum atomic E-state index is -0.0909. The van der Waals surface area contributed by atoms with Crippen molar-refractivity contribution in [1.29, 1.82) is 0 Å². The Balaban J connectivity index is 3.52. The number of hydrogen-bond donors (Lipinski definition) is 1. The number of hydrogen-bond acceptors (Lipinski definition) is 2. The van der Waals surface area contributed by atoms with E-state index in [4.69, 9.17) is 0 Å². The Bertz CT molecular complexity index is 157. The van der Waals surface area contributed by atoms with E-state index in [1.807, 2.05) is 18.7 Å². The van der Waals surface area contributed by atoms with Gasteiger partial charge in [0.05, 0.1) is 0 Å². The van der Waals surface area contributed by atoms with Crippen molar-refractivity contribution in [2.75, 3.05) is 5.75 Å². The van der Waals surface area contributed by atoms with E-state index < -0.39 is 0 Å². The zero-order valence-electron chi connectivity index (χ0n) is 7.96. The molecule has 0 rings (SSSR count). The van der Waals surface area contributed by atoms with Gasteiger partial charge in [-0.2, -0.15) is 11.8 Å². The average molecular weight is 187 g/mol. The van der Waals surface area contributed by atoms with Crippen molar-refractivity contribution < 1.29 is 4.79 Å². The molecule has 0 aromatic heterocycles. The van der Waals surface area contributed by atoms with Crippen molar-refractivity contribution in [3.05, 3.63) is 12.7 Å². The predicted octanol–water partition coefficient (Wildman–Crippen LogP) is 1.82. The van der Waals surface area contributed by atoms with Gasteiger partial charge in [0.2, 0.25) is 5.91 Å². The fourth-order valence-electron chi connectivity index (χ4n) is 0.680. The normalized spacial score (nSPS) is 12.7. The monoisotopic (exact) mass is 187 g/mol. The lowest BCUT2D eigenvalue weighted by molar-refractivity contribution is -0.116. The molecule has 0 aliphatic rings. The highest BCUT2D eigenvalue weighted by atomic mass is 32.2. The quantitative estimate of drug-likeness (QED) is 0.665. The summed E-state index contributed by atoms with van der Waals surface area (Å²) in [5, 5.41) is 3.43. The summed E-state index contributed by atoms with van der Waals surface area (Å²) >= 11 is 1.84. The summed E-state index contributed by atoms with van der Waals surface area (Å²) in [6.07, 6.45) is 1.30. The van der Waals surface area contributed by atoms with Crippen molar-refractivity contribution in [2.24, 2.45) is 0 Å². The van der Waals surface area contributed by atoms with Crippen molar-refractivity contribution in [2.45, 2.75) is 32.1 Å². The van der Waals surface area contributed by atoms with Crippen LogP contribution in [-0.4, -0.2) is 23.0 Å².